The highest BCUT2D eigenvalue weighted by Gasteiger charge is 2.38. The molecule has 0 radical (unpaired) electrons. The highest BCUT2D eigenvalue weighted by molar-refractivity contribution is 6.30. The highest BCUT2D eigenvalue weighted by Crippen LogP contribution is 2.36. The van der Waals surface area contributed by atoms with E-state index >= 15 is 0 Å². The van der Waals surface area contributed by atoms with Gasteiger partial charge in [-0.1, -0.05) is 17.7 Å². The monoisotopic (exact) mass is 376 g/mol. The summed E-state index contributed by atoms with van der Waals surface area (Å²) >= 11 is 5.78. The van der Waals surface area contributed by atoms with Crippen LogP contribution in [-0.4, -0.2) is 47.2 Å². The van der Waals surface area contributed by atoms with Crippen molar-refractivity contribution in [2.45, 2.75) is 37.9 Å². The molecule has 1 aromatic heterocycles. The topological polar surface area (TPSA) is 41.5 Å². The summed E-state index contributed by atoms with van der Waals surface area (Å²) in [4.78, 5) is 13.4. The Morgan fingerprint density at radius 2 is 2.08 bits per heavy atom. The molecule has 5 nitrogen and oxygen atoms in total. The van der Waals surface area contributed by atoms with Crippen molar-refractivity contribution in [1.29, 1.82) is 0 Å². The van der Waals surface area contributed by atoms with E-state index in [2.05, 4.69) is 19.8 Å². The fraction of sp³-hybridized carbons (Fsp3) is 0.474. The van der Waals surface area contributed by atoms with Crippen molar-refractivity contribution in [3.05, 3.63) is 47.0 Å². The van der Waals surface area contributed by atoms with Gasteiger partial charge in [-0.3, -0.25) is 4.90 Å². The van der Waals surface area contributed by atoms with Crippen LogP contribution >= 0.6 is 11.6 Å². The first kappa shape index (κ1) is 17.5. The van der Waals surface area contributed by atoms with E-state index in [1.54, 1.807) is 19.5 Å². The van der Waals surface area contributed by atoms with Crippen LogP contribution in [0.5, 0.6) is 5.88 Å². The molecule has 1 atom stereocenters. The molecule has 2 heterocycles. The molecule has 26 heavy (non-hydrogen) atoms. The number of benzene rings is 1. The van der Waals surface area contributed by atoms with Gasteiger partial charge in [0.2, 0.25) is 5.88 Å². The Bertz CT molecular complexity index is 786. The number of likely N-dealkylation sites (tertiary alicyclic amines) is 1. The minimum Gasteiger partial charge on any atom is -0.481 e. The fourth-order valence-electron chi connectivity index (χ4n) is 3.69. The van der Waals surface area contributed by atoms with Gasteiger partial charge < -0.3 is 9.64 Å². The molecule has 0 bridgehead atoms. The number of anilines is 1. The summed E-state index contributed by atoms with van der Waals surface area (Å²) in [5.74, 6) is 1.17. The summed E-state index contributed by atoms with van der Waals surface area (Å²) in [5.41, 5.74) is 0.953. The maximum atomic E-state index is 13.7. The molecule has 1 aliphatic carbocycles. The van der Waals surface area contributed by atoms with Crippen LogP contribution in [-0.2, 0) is 6.54 Å². The first-order valence-electron chi connectivity index (χ1n) is 8.94. The lowest BCUT2D eigenvalue weighted by Crippen LogP contribution is -2.39. The first-order chi connectivity index (χ1) is 12.6. The third kappa shape index (κ3) is 3.76. The van der Waals surface area contributed by atoms with Crippen LogP contribution in [0.25, 0.3) is 0 Å². The molecule has 0 N–H and O–H groups in total. The average molecular weight is 377 g/mol. The standard InChI is InChI=1S/C19H22ClFN4O/c1-26-19-9-18(22-12-23-19)25(14-3-4-14)15-6-7-24(11-15)10-13-2-5-16(20)17(21)8-13/h2,5,8-9,12,14-15H,3-4,6-7,10-11H2,1H3. The lowest BCUT2D eigenvalue weighted by molar-refractivity contribution is 0.324. The number of aromatic nitrogens is 2. The van der Waals surface area contributed by atoms with E-state index in [0.29, 0.717) is 18.0 Å². The molecule has 1 saturated carbocycles. The molecule has 0 spiro atoms. The van der Waals surface area contributed by atoms with Gasteiger partial charge in [0.05, 0.1) is 12.1 Å². The van der Waals surface area contributed by atoms with Gasteiger partial charge in [-0.15, -0.1) is 0 Å². The highest BCUT2D eigenvalue weighted by atomic mass is 35.5. The zero-order chi connectivity index (χ0) is 18.1. The van der Waals surface area contributed by atoms with E-state index in [4.69, 9.17) is 16.3 Å². The molecule has 1 aromatic carbocycles. The average Bonchev–Trinajstić information content (AvgIpc) is 3.38. The van der Waals surface area contributed by atoms with Crippen LogP contribution in [0.1, 0.15) is 24.8 Å². The molecular weight excluding hydrogens is 355 g/mol. The molecule has 2 aromatic rings. The number of rotatable bonds is 6. The van der Waals surface area contributed by atoms with Crippen molar-refractivity contribution in [3.8, 4) is 5.88 Å². The van der Waals surface area contributed by atoms with Gasteiger partial charge in [-0.25, -0.2) is 14.4 Å². The number of halogens is 2. The normalized spacial score (nSPS) is 20.3. The van der Waals surface area contributed by atoms with Crippen LogP contribution < -0.4 is 9.64 Å². The minimum atomic E-state index is -0.354. The molecule has 1 unspecified atom stereocenters. The summed E-state index contributed by atoms with van der Waals surface area (Å²) in [7, 11) is 1.62. The fourth-order valence-corrected chi connectivity index (χ4v) is 3.80. The Balaban J connectivity index is 1.46. The Hall–Kier alpha value is -1.92. The second-order valence-electron chi connectivity index (χ2n) is 6.98. The van der Waals surface area contributed by atoms with E-state index < -0.39 is 0 Å². The third-order valence-corrected chi connectivity index (χ3v) is 5.38. The maximum Gasteiger partial charge on any atom is 0.218 e. The van der Waals surface area contributed by atoms with E-state index in [1.165, 1.54) is 18.9 Å². The molecule has 0 amide bonds. The Morgan fingerprint density at radius 3 is 2.81 bits per heavy atom. The quantitative estimate of drug-likeness (QED) is 0.771. The molecule has 7 heteroatoms. The first-order valence-corrected chi connectivity index (χ1v) is 9.32. The zero-order valence-electron chi connectivity index (χ0n) is 14.7. The lowest BCUT2D eigenvalue weighted by atomic mass is 10.2. The van der Waals surface area contributed by atoms with Gasteiger partial charge in [0.15, 0.2) is 0 Å². The summed E-state index contributed by atoms with van der Waals surface area (Å²) in [5, 5.41) is 0.172. The zero-order valence-corrected chi connectivity index (χ0v) is 15.5. The molecule has 4 rings (SSSR count). The van der Waals surface area contributed by atoms with Crippen molar-refractivity contribution in [2.24, 2.45) is 0 Å². The summed E-state index contributed by atoms with van der Waals surface area (Å²) in [6.45, 7) is 2.66. The predicted octanol–water partition coefficient (Wildman–Crippen LogP) is 3.52. The van der Waals surface area contributed by atoms with E-state index in [9.17, 15) is 4.39 Å². The van der Waals surface area contributed by atoms with Gasteiger partial charge in [-0.05, 0) is 37.0 Å². The van der Waals surface area contributed by atoms with Gasteiger partial charge in [-0.2, -0.15) is 0 Å². The molecule has 138 valence electrons. The van der Waals surface area contributed by atoms with Crippen LogP contribution in [0.4, 0.5) is 10.2 Å². The number of hydrogen-bond acceptors (Lipinski definition) is 5. The van der Waals surface area contributed by atoms with Gasteiger partial charge >= 0.3 is 0 Å². The smallest absolute Gasteiger partial charge is 0.218 e. The predicted molar refractivity (Wildman–Crippen MR) is 99.2 cm³/mol. The van der Waals surface area contributed by atoms with Crippen LogP contribution in [0.2, 0.25) is 5.02 Å². The van der Waals surface area contributed by atoms with Crippen molar-refractivity contribution < 1.29 is 9.13 Å². The van der Waals surface area contributed by atoms with Gasteiger partial charge in [0.25, 0.3) is 0 Å². The molecule has 1 saturated heterocycles. The number of nitrogens with zero attached hydrogens (tertiary/aromatic N) is 4. The largest absolute Gasteiger partial charge is 0.481 e. The SMILES string of the molecule is COc1cc(N(C2CC2)C2CCN(Cc3ccc(Cl)c(F)c3)C2)ncn1. The van der Waals surface area contributed by atoms with Crippen LogP contribution in [0.15, 0.2) is 30.6 Å². The summed E-state index contributed by atoms with van der Waals surface area (Å²) in [6, 6.07) is 7.92. The molecular formula is C19H22ClFN4O. The van der Waals surface area contributed by atoms with Crippen LogP contribution in [0.3, 0.4) is 0 Å². The van der Waals surface area contributed by atoms with Crippen LogP contribution in [0, 0.1) is 5.82 Å². The van der Waals surface area contributed by atoms with Crippen molar-refractivity contribution in [3.63, 3.8) is 0 Å². The second-order valence-corrected chi connectivity index (χ2v) is 7.39. The van der Waals surface area contributed by atoms with E-state index in [-0.39, 0.29) is 10.8 Å². The van der Waals surface area contributed by atoms with Gasteiger partial charge in [0, 0.05) is 37.8 Å². The number of hydrogen-bond donors (Lipinski definition) is 0. The summed E-state index contributed by atoms with van der Waals surface area (Å²) in [6.07, 6.45) is 5.03. The Morgan fingerprint density at radius 1 is 1.23 bits per heavy atom. The van der Waals surface area contributed by atoms with E-state index in [0.717, 1.165) is 37.4 Å². The number of ether oxygens (including phenoxy) is 1. The van der Waals surface area contributed by atoms with Crippen molar-refractivity contribution in [1.82, 2.24) is 14.9 Å². The van der Waals surface area contributed by atoms with E-state index in [1.807, 2.05) is 12.1 Å². The van der Waals surface area contributed by atoms with Crippen molar-refractivity contribution >= 4 is 17.4 Å². The minimum absolute atomic E-state index is 0.172. The Kier molecular flexibility index (Phi) is 4.96. The number of methoxy groups -OCH3 is 1. The Labute approximate surface area is 157 Å². The molecule has 1 aliphatic heterocycles. The third-order valence-electron chi connectivity index (χ3n) is 5.07. The molecule has 2 aliphatic rings. The maximum absolute atomic E-state index is 13.7. The lowest BCUT2D eigenvalue weighted by Gasteiger charge is -2.30. The summed E-state index contributed by atoms with van der Waals surface area (Å²) < 4.78 is 18.9. The van der Waals surface area contributed by atoms with Gasteiger partial charge in [0.1, 0.15) is 18.0 Å². The second kappa shape index (κ2) is 7.37. The molecule has 2 fully saturated rings. The van der Waals surface area contributed by atoms with Crippen molar-refractivity contribution in [2.75, 3.05) is 25.1 Å².